The molecule has 2 atom stereocenters. The Bertz CT molecular complexity index is 1500. The number of likely N-dealkylation sites (tertiary alicyclic amines) is 1. The van der Waals surface area contributed by atoms with Crippen molar-refractivity contribution < 1.29 is 9.90 Å². The van der Waals surface area contributed by atoms with Gasteiger partial charge in [-0.3, -0.25) is 9.69 Å². The minimum Gasteiger partial charge on any atom is -0.513 e. The fourth-order valence-corrected chi connectivity index (χ4v) is 6.03. The Morgan fingerprint density at radius 1 is 0.949 bits per heavy atom. The van der Waals surface area contributed by atoms with E-state index in [-0.39, 0.29) is 17.7 Å². The highest BCUT2D eigenvalue weighted by molar-refractivity contribution is 6.34. The molecule has 1 heterocycles. The van der Waals surface area contributed by atoms with Gasteiger partial charge < -0.3 is 10.4 Å². The van der Waals surface area contributed by atoms with Gasteiger partial charge in [-0.05, 0) is 83.1 Å². The lowest BCUT2D eigenvalue weighted by molar-refractivity contribution is 0.0953. The molecule has 2 N–H and O–H groups in total. The van der Waals surface area contributed by atoms with Gasteiger partial charge >= 0.3 is 0 Å². The third kappa shape index (κ3) is 6.65. The summed E-state index contributed by atoms with van der Waals surface area (Å²) in [5.74, 6) is 0.197. The predicted octanol–water partition coefficient (Wildman–Crippen LogP) is 8.38. The number of nitrogens with one attached hydrogen (secondary N) is 1. The average molecular weight is 560 g/mol. The molecule has 200 valence electrons. The number of aryl methyl sites for hydroxylation is 1. The number of halogens is 2. The summed E-state index contributed by atoms with van der Waals surface area (Å²) >= 11 is 12.7. The van der Waals surface area contributed by atoms with Crippen LogP contribution in [-0.4, -0.2) is 29.0 Å². The number of nitrogens with zero attached hydrogens (tertiary/aromatic N) is 1. The molecule has 1 amide bonds. The maximum Gasteiger partial charge on any atom is 0.251 e. The van der Waals surface area contributed by atoms with Gasteiger partial charge in [0.1, 0.15) is 0 Å². The molecule has 1 fully saturated rings. The van der Waals surface area contributed by atoms with Crippen molar-refractivity contribution in [2.75, 3.05) is 13.1 Å². The van der Waals surface area contributed by atoms with Gasteiger partial charge in [-0.2, -0.15) is 0 Å². The molecule has 0 saturated carbocycles. The van der Waals surface area contributed by atoms with E-state index in [4.69, 9.17) is 23.2 Å². The molecule has 0 aliphatic carbocycles. The molecule has 4 nitrogen and oxygen atoms in total. The monoisotopic (exact) mass is 558 g/mol. The SMILES string of the molecule is C=C(O)CCNC(=O)c1ccc(CN2C[C@H](c3cc(Cl)cc(Cl)c3)C[C@@H]2c2ccc3cc(C)ccc3c2)cc1. The van der Waals surface area contributed by atoms with Crippen LogP contribution in [0.15, 0.2) is 91.2 Å². The second-order valence-corrected chi connectivity index (χ2v) is 11.3. The number of carbonyl (C=O) groups excluding carboxylic acids is 1. The summed E-state index contributed by atoms with van der Waals surface area (Å²) in [4.78, 5) is 15.0. The quantitative estimate of drug-likeness (QED) is 0.213. The van der Waals surface area contributed by atoms with E-state index >= 15 is 0 Å². The van der Waals surface area contributed by atoms with Crippen LogP contribution >= 0.6 is 23.2 Å². The van der Waals surface area contributed by atoms with Crippen LogP contribution in [0.3, 0.4) is 0 Å². The van der Waals surface area contributed by atoms with Crippen LogP contribution in [-0.2, 0) is 6.54 Å². The Morgan fingerprint density at radius 3 is 2.36 bits per heavy atom. The Hall–Kier alpha value is -3.31. The molecule has 4 aromatic rings. The number of carbonyl (C=O) groups is 1. The first-order valence-corrected chi connectivity index (χ1v) is 13.9. The third-order valence-electron chi connectivity index (χ3n) is 7.47. The molecule has 5 rings (SSSR count). The first kappa shape index (κ1) is 27.3. The Morgan fingerprint density at radius 2 is 1.64 bits per heavy atom. The zero-order chi connectivity index (χ0) is 27.5. The maximum absolute atomic E-state index is 12.4. The molecule has 0 bridgehead atoms. The van der Waals surface area contributed by atoms with Crippen LogP contribution in [0, 0.1) is 6.92 Å². The van der Waals surface area contributed by atoms with E-state index in [9.17, 15) is 9.90 Å². The van der Waals surface area contributed by atoms with Crippen molar-refractivity contribution in [3.63, 3.8) is 0 Å². The fourth-order valence-electron chi connectivity index (χ4n) is 5.49. The molecule has 4 aromatic carbocycles. The number of rotatable bonds is 8. The molecule has 1 aliphatic rings. The van der Waals surface area contributed by atoms with Crippen LogP contribution in [0.25, 0.3) is 10.8 Å². The number of hydrogen-bond donors (Lipinski definition) is 2. The summed E-state index contributed by atoms with van der Waals surface area (Å²) < 4.78 is 0. The first-order chi connectivity index (χ1) is 18.7. The molecule has 6 heteroatoms. The molecule has 1 saturated heterocycles. The first-order valence-electron chi connectivity index (χ1n) is 13.2. The highest BCUT2D eigenvalue weighted by Crippen LogP contribution is 2.43. The summed E-state index contributed by atoms with van der Waals surface area (Å²) in [6.07, 6.45) is 1.30. The maximum atomic E-state index is 12.4. The lowest BCUT2D eigenvalue weighted by Gasteiger charge is -2.25. The summed E-state index contributed by atoms with van der Waals surface area (Å²) in [5.41, 5.74) is 5.45. The van der Waals surface area contributed by atoms with Crippen LogP contribution in [0.5, 0.6) is 0 Å². The van der Waals surface area contributed by atoms with Crippen molar-refractivity contribution in [2.24, 2.45) is 0 Å². The zero-order valence-corrected chi connectivity index (χ0v) is 23.5. The number of benzene rings is 4. The van der Waals surface area contributed by atoms with Crippen LogP contribution in [0.4, 0.5) is 0 Å². The van der Waals surface area contributed by atoms with E-state index in [1.54, 1.807) is 6.07 Å². The standard InChI is InChI=1S/C33H32Cl2N2O2/c1-21-3-6-26-14-27(10-9-25(26)13-21)32-17-29(28-15-30(34)18-31(35)16-28)20-37(32)19-23-4-7-24(8-5-23)33(39)36-12-11-22(2)38/h3-10,13-16,18,29,32,38H,2,11-12,17,19-20H2,1H3,(H,36,39)/t29-,32-/m1/s1. The number of aliphatic hydroxyl groups is 1. The summed E-state index contributed by atoms with van der Waals surface area (Å²) in [5, 5.41) is 15.8. The summed E-state index contributed by atoms with van der Waals surface area (Å²) in [7, 11) is 0. The molecule has 0 radical (unpaired) electrons. The number of amides is 1. The lowest BCUT2D eigenvalue weighted by atomic mass is 9.93. The Labute approximate surface area is 239 Å². The second-order valence-electron chi connectivity index (χ2n) is 10.5. The van der Waals surface area contributed by atoms with Gasteiger partial charge in [0, 0.05) is 47.7 Å². The van der Waals surface area contributed by atoms with Gasteiger partial charge in [-0.25, -0.2) is 0 Å². The zero-order valence-electron chi connectivity index (χ0n) is 22.0. The van der Waals surface area contributed by atoms with Gasteiger partial charge in [-0.15, -0.1) is 0 Å². The van der Waals surface area contributed by atoms with E-state index in [0.717, 1.165) is 30.6 Å². The molecule has 1 aliphatic heterocycles. The van der Waals surface area contributed by atoms with E-state index in [1.165, 1.54) is 21.9 Å². The average Bonchev–Trinajstić information content (AvgIpc) is 3.32. The van der Waals surface area contributed by atoms with Gasteiger partial charge in [0.25, 0.3) is 5.91 Å². The van der Waals surface area contributed by atoms with Crippen LogP contribution in [0.1, 0.15) is 57.4 Å². The molecule has 0 aromatic heterocycles. The van der Waals surface area contributed by atoms with Gasteiger partial charge in [0.05, 0.1) is 5.76 Å². The highest BCUT2D eigenvalue weighted by atomic mass is 35.5. The second kappa shape index (κ2) is 11.8. The Balaban J connectivity index is 1.39. The molecule has 0 unspecified atom stereocenters. The van der Waals surface area contributed by atoms with Crippen LogP contribution < -0.4 is 5.32 Å². The van der Waals surface area contributed by atoms with Gasteiger partial charge in [0.2, 0.25) is 0 Å². The van der Waals surface area contributed by atoms with Crippen molar-refractivity contribution in [3.8, 4) is 0 Å². The molecular weight excluding hydrogens is 527 g/mol. The minimum atomic E-state index is -0.161. The molecule has 0 spiro atoms. The summed E-state index contributed by atoms with van der Waals surface area (Å²) in [6, 6.07) is 27.2. The molecular formula is C33H32Cl2N2O2. The third-order valence-corrected chi connectivity index (χ3v) is 7.90. The normalized spacial score (nSPS) is 17.4. The fraction of sp³-hybridized carbons (Fsp3) is 0.242. The van der Waals surface area contributed by atoms with E-state index < -0.39 is 0 Å². The van der Waals surface area contributed by atoms with Gasteiger partial charge in [-0.1, -0.05) is 77.8 Å². The molecule has 39 heavy (non-hydrogen) atoms. The Kier molecular flexibility index (Phi) is 8.27. The van der Waals surface area contributed by atoms with Crippen molar-refractivity contribution in [1.82, 2.24) is 10.2 Å². The lowest BCUT2D eigenvalue weighted by Crippen LogP contribution is -2.25. The van der Waals surface area contributed by atoms with Crippen molar-refractivity contribution >= 4 is 39.9 Å². The number of fused-ring (bicyclic) bond motifs is 1. The van der Waals surface area contributed by atoms with Crippen LogP contribution in [0.2, 0.25) is 10.0 Å². The van der Waals surface area contributed by atoms with Gasteiger partial charge in [0.15, 0.2) is 0 Å². The topological polar surface area (TPSA) is 52.6 Å². The highest BCUT2D eigenvalue weighted by Gasteiger charge is 2.34. The minimum absolute atomic E-state index is 0.0608. The summed E-state index contributed by atoms with van der Waals surface area (Å²) in [6.45, 7) is 7.56. The van der Waals surface area contributed by atoms with E-state index in [0.29, 0.717) is 34.5 Å². The smallest absolute Gasteiger partial charge is 0.251 e. The number of hydrogen-bond acceptors (Lipinski definition) is 3. The van der Waals surface area contributed by atoms with E-state index in [2.05, 4.69) is 60.1 Å². The largest absolute Gasteiger partial charge is 0.513 e. The van der Waals surface area contributed by atoms with Crippen molar-refractivity contribution in [1.29, 1.82) is 0 Å². The van der Waals surface area contributed by atoms with Crippen molar-refractivity contribution in [2.45, 2.75) is 38.3 Å². The van der Waals surface area contributed by atoms with Crippen molar-refractivity contribution in [3.05, 3.63) is 129 Å². The number of aliphatic hydroxyl groups excluding tert-OH is 1. The predicted molar refractivity (Wildman–Crippen MR) is 161 cm³/mol. The van der Waals surface area contributed by atoms with E-state index in [1.807, 2.05) is 36.4 Å².